The summed E-state index contributed by atoms with van der Waals surface area (Å²) in [5, 5.41) is 3.26. The summed E-state index contributed by atoms with van der Waals surface area (Å²) in [5.41, 5.74) is 5.18. The lowest BCUT2D eigenvalue weighted by atomic mass is 9.89. The van der Waals surface area contributed by atoms with Gasteiger partial charge in [0.1, 0.15) is 11.6 Å². The first kappa shape index (κ1) is 17.0. The maximum atomic E-state index is 13.2. The van der Waals surface area contributed by atoms with E-state index in [9.17, 15) is 4.39 Å². The average Bonchev–Trinajstić information content (AvgIpc) is 2.45. The van der Waals surface area contributed by atoms with Crippen molar-refractivity contribution in [3.8, 4) is 0 Å². The van der Waals surface area contributed by atoms with E-state index in [1.807, 2.05) is 20.8 Å². The molecule has 0 aliphatic heterocycles. The highest BCUT2D eigenvalue weighted by Gasteiger charge is 2.20. The zero-order chi connectivity index (χ0) is 16.0. The molecule has 0 unspecified atom stereocenters. The normalized spacial score (nSPS) is 17.0. The molecular formula is C18H24FNO. The lowest BCUT2D eigenvalue weighted by Crippen LogP contribution is -2.19. The molecule has 0 bridgehead atoms. The maximum absolute atomic E-state index is 13.2. The number of halogens is 1. The number of hydrogen-bond donors (Lipinski definition) is 1. The fraction of sp³-hybridized carbons (Fsp3) is 0.333. The Labute approximate surface area is 127 Å². The van der Waals surface area contributed by atoms with Crippen LogP contribution in [0.3, 0.4) is 0 Å². The minimum atomic E-state index is -0.336. The van der Waals surface area contributed by atoms with Crippen LogP contribution in [0, 0.1) is 0 Å². The van der Waals surface area contributed by atoms with Crippen LogP contribution in [0.1, 0.15) is 33.6 Å². The van der Waals surface area contributed by atoms with Crippen LogP contribution in [0.25, 0.3) is 0 Å². The molecule has 0 heterocycles. The van der Waals surface area contributed by atoms with Gasteiger partial charge in [-0.1, -0.05) is 19.2 Å². The molecule has 1 aliphatic rings. The van der Waals surface area contributed by atoms with E-state index in [1.54, 1.807) is 13.2 Å². The SMILES string of the molecule is C=C/C(F)=C\C=C(/C)C1=C(C)C(NC(=C)C)=C(OC)CC1. The van der Waals surface area contributed by atoms with Crippen molar-refractivity contribution in [2.75, 3.05) is 7.11 Å². The Kier molecular flexibility index (Phi) is 6.22. The highest BCUT2D eigenvalue weighted by molar-refractivity contribution is 5.48. The monoisotopic (exact) mass is 289 g/mol. The van der Waals surface area contributed by atoms with Crippen LogP contribution in [-0.2, 0) is 4.74 Å². The zero-order valence-corrected chi connectivity index (χ0v) is 13.3. The van der Waals surface area contributed by atoms with E-state index in [0.29, 0.717) is 0 Å². The number of rotatable bonds is 6. The zero-order valence-electron chi connectivity index (χ0n) is 13.3. The molecule has 3 heteroatoms. The summed E-state index contributed by atoms with van der Waals surface area (Å²) >= 11 is 0. The van der Waals surface area contributed by atoms with Crippen molar-refractivity contribution < 1.29 is 9.13 Å². The summed E-state index contributed by atoms with van der Waals surface area (Å²) in [6.45, 7) is 13.2. The second-order valence-electron chi connectivity index (χ2n) is 5.12. The molecule has 0 aromatic heterocycles. The average molecular weight is 289 g/mol. The van der Waals surface area contributed by atoms with Gasteiger partial charge in [0.2, 0.25) is 0 Å². The molecule has 0 aromatic rings. The first-order valence-electron chi connectivity index (χ1n) is 6.97. The Morgan fingerprint density at radius 3 is 2.48 bits per heavy atom. The molecule has 2 nitrogen and oxygen atoms in total. The first-order valence-corrected chi connectivity index (χ1v) is 6.97. The standard InChI is InChI=1S/C18H24FNO/c1-7-15(19)9-8-13(4)16-10-11-17(21-6)18(14(16)5)20-12(2)3/h7-9,20H,1-2,10-11H2,3-6H3/b13-8+,15-9+. The van der Waals surface area contributed by atoms with E-state index < -0.39 is 0 Å². The molecule has 1 N–H and O–H groups in total. The molecule has 0 amide bonds. The van der Waals surface area contributed by atoms with E-state index in [4.69, 9.17) is 4.74 Å². The predicted octanol–water partition coefficient (Wildman–Crippen LogP) is 5.06. The van der Waals surface area contributed by atoms with Crippen molar-refractivity contribution in [2.45, 2.75) is 33.6 Å². The van der Waals surface area contributed by atoms with Crippen molar-refractivity contribution in [3.63, 3.8) is 0 Å². The first-order chi connectivity index (χ1) is 9.90. The van der Waals surface area contributed by atoms with Crippen LogP contribution < -0.4 is 5.32 Å². The second kappa shape index (κ2) is 7.67. The van der Waals surface area contributed by atoms with Crippen LogP contribution in [0.15, 0.2) is 71.1 Å². The van der Waals surface area contributed by atoms with Gasteiger partial charge >= 0.3 is 0 Å². The van der Waals surface area contributed by atoms with Crippen LogP contribution >= 0.6 is 0 Å². The number of methoxy groups -OCH3 is 1. The molecule has 21 heavy (non-hydrogen) atoms. The Hall–Kier alpha value is -2.03. The molecule has 114 valence electrons. The van der Waals surface area contributed by atoms with Gasteiger partial charge in [0, 0.05) is 12.1 Å². The summed E-state index contributed by atoms with van der Waals surface area (Å²) in [6, 6.07) is 0. The lowest BCUT2D eigenvalue weighted by molar-refractivity contribution is 0.268. The van der Waals surface area contributed by atoms with Crippen molar-refractivity contribution in [1.82, 2.24) is 5.32 Å². The molecule has 0 spiro atoms. The summed E-state index contributed by atoms with van der Waals surface area (Å²) in [4.78, 5) is 0. The third-order valence-corrected chi connectivity index (χ3v) is 3.46. The Morgan fingerprint density at radius 1 is 1.29 bits per heavy atom. The van der Waals surface area contributed by atoms with Crippen molar-refractivity contribution in [1.29, 1.82) is 0 Å². The van der Waals surface area contributed by atoms with Gasteiger partial charge in [0.05, 0.1) is 12.8 Å². The fourth-order valence-corrected chi connectivity index (χ4v) is 2.36. The van der Waals surface area contributed by atoms with Gasteiger partial charge < -0.3 is 10.1 Å². The smallest absolute Gasteiger partial charge is 0.122 e. The summed E-state index contributed by atoms with van der Waals surface area (Å²) in [5.74, 6) is 0.594. The van der Waals surface area contributed by atoms with E-state index in [1.165, 1.54) is 17.7 Å². The Morgan fingerprint density at radius 2 is 1.95 bits per heavy atom. The van der Waals surface area contributed by atoms with E-state index >= 15 is 0 Å². The van der Waals surface area contributed by atoms with Crippen LogP contribution in [0.4, 0.5) is 4.39 Å². The second-order valence-corrected chi connectivity index (χ2v) is 5.12. The molecule has 0 saturated heterocycles. The van der Waals surface area contributed by atoms with Gasteiger partial charge in [-0.3, -0.25) is 0 Å². The largest absolute Gasteiger partial charge is 0.499 e. The predicted molar refractivity (Wildman–Crippen MR) is 87.1 cm³/mol. The molecule has 0 atom stereocenters. The third kappa shape index (κ3) is 4.48. The van der Waals surface area contributed by atoms with Crippen molar-refractivity contribution in [2.24, 2.45) is 0 Å². The molecule has 0 radical (unpaired) electrons. The summed E-state index contributed by atoms with van der Waals surface area (Å²) in [6.07, 6.45) is 6.11. The third-order valence-electron chi connectivity index (χ3n) is 3.46. The lowest BCUT2D eigenvalue weighted by Gasteiger charge is -2.25. The highest BCUT2D eigenvalue weighted by Crippen LogP contribution is 2.33. The van der Waals surface area contributed by atoms with Gasteiger partial charge in [-0.15, -0.1) is 0 Å². The molecule has 0 saturated carbocycles. The van der Waals surface area contributed by atoms with E-state index in [-0.39, 0.29) is 5.83 Å². The van der Waals surface area contributed by atoms with Crippen molar-refractivity contribution >= 4 is 0 Å². The van der Waals surface area contributed by atoms with Crippen molar-refractivity contribution in [3.05, 3.63) is 71.1 Å². The molecule has 0 fully saturated rings. The van der Waals surface area contributed by atoms with Gasteiger partial charge in [0.15, 0.2) is 0 Å². The number of allylic oxidation sites excluding steroid dienone is 9. The molecule has 1 rings (SSSR count). The fourth-order valence-electron chi connectivity index (χ4n) is 2.36. The minimum Gasteiger partial charge on any atom is -0.499 e. The molecule has 0 aromatic carbocycles. The summed E-state index contributed by atoms with van der Waals surface area (Å²) < 4.78 is 18.6. The molecular weight excluding hydrogens is 265 g/mol. The Bertz CT molecular complexity index is 562. The molecule has 1 aliphatic carbocycles. The minimum absolute atomic E-state index is 0.336. The highest BCUT2D eigenvalue weighted by atomic mass is 19.1. The van der Waals surface area contributed by atoms with Gasteiger partial charge in [-0.05, 0) is 56.1 Å². The van der Waals surface area contributed by atoms with E-state index in [0.717, 1.165) is 41.1 Å². The van der Waals surface area contributed by atoms with Gasteiger partial charge in [0.25, 0.3) is 0 Å². The quantitative estimate of drug-likeness (QED) is 0.690. The van der Waals surface area contributed by atoms with Gasteiger partial charge in [-0.2, -0.15) is 0 Å². The number of ether oxygens (including phenoxy) is 1. The summed E-state index contributed by atoms with van der Waals surface area (Å²) in [7, 11) is 1.68. The number of nitrogens with one attached hydrogen (secondary N) is 1. The van der Waals surface area contributed by atoms with Crippen LogP contribution in [-0.4, -0.2) is 7.11 Å². The van der Waals surface area contributed by atoms with E-state index in [2.05, 4.69) is 18.5 Å². The topological polar surface area (TPSA) is 21.3 Å². The Balaban J connectivity index is 3.20. The maximum Gasteiger partial charge on any atom is 0.122 e. The van der Waals surface area contributed by atoms with Crippen LogP contribution in [0.2, 0.25) is 0 Å². The van der Waals surface area contributed by atoms with Gasteiger partial charge in [-0.25, -0.2) is 4.39 Å². The van der Waals surface area contributed by atoms with Crippen LogP contribution in [0.5, 0.6) is 0 Å². The number of hydrogen-bond acceptors (Lipinski definition) is 2.